The van der Waals surface area contributed by atoms with Crippen LogP contribution in [0.2, 0.25) is 0 Å². The third kappa shape index (κ3) is 3.87. The van der Waals surface area contributed by atoms with Crippen LogP contribution in [0.5, 0.6) is 17.2 Å². The highest BCUT2D eigenvalue weighted by Gasteiger charge is 2.16. The number of benzene rings is 2. The Bertz CT molecular complexity index is 642. The highest BCUT2D eigenvalue weighted by molar-refractivity contribution is 14.1. The molecule has 4 nitrogen and oxygen atoms in total. The largest absolute Gasteiger partial charge is 0.508 e. The van der Waals surface area contributed by atoms with Crippen molar-refractivity contribution >= 4 is 73.7 Å². The van der Waals surface area contributed by atoms with E-state index >= 15 is 0 Å². The first kappa shape index (κ1) is 16.1. The molecule has 2 rings (SSSR count). The zero-order chi connectivity index (χ0) is 14.9. The zero-order valence-electron chi connectivity index (χ0n) is 9.73. The predicted molar refractivity (Wildman–Crippen MR) is 99.3 cm³/mol. The summed E-state index contributed by atoms with van der Waals surface area (Å²) in [6.45, 7) is 0. The molecule has 7 heteroatoms. The summed E-state index contributed by atoms with van der Waals surface area (Å²) in [5, 5.41) is 18.8. The van der Waals surface area contributed by atoms with E-state index in [1.807, 2.05) is 12.1 Å². The fourth-order valence-corrected chi connectivity index (χ4v) is 5.29. The molecule has 0 heterocycles. The fourth-order valence-electron chi connectivity index (χ4n) is 1.49. The second-order valence-corrected chi connectivity index (χ2v) is 7.40. The average Bonchev–Trinajstić information content (AvgIpc) is 2.32. The lowest BCUT2D eigenvalue weighted by Crippen LogP contribution is -2.10. The molecule has 2 aromatic rings. The Kier molecular flexibility index (Phi) is 5.34. The van der Waals surface area contributed by atoms with E-state index in [1.54, 1.807) is 0 Å². The van der Waals surface area contributed by atoms with Gasteiger partial charge in [0.15, 0.2) is 5.75 Å². The number of carbonyl (C=O) groups excluding carboxylic acids is 1. The standard InChI is InChI=1S/C13H7I3O4/c14-7-3-10(15)12(11(16)4-7)20-13(19)6-1-8(17)5-9(18)2-6/h1-5,17-18H. The summed E-state index contributed by atoms with van der Waals surface area (Å²) in [6.07, 6.45) is 0. The van der Waals surface area contributed by atoms with Crippen molar-refractivity contribution in [2.24, 2.45) is 0 Å². The lowest BCUT2D eigenvalue weighted by molar-refractivity contribution is 0.0731. The molecule has 0 spiro atoms. The van der Waals surface area contributed by atoms with Crippen molar-refractivity contribution in [2.45, 2.75) is 0 Å². The Morgan fingerprint density at radius 2 is 1.40 bits per heavy atom. The molecule has 104 valence electrons. The van der Waals surface area contributed by atoms with Gasteiger partial charge in [0.2, 0.25) is 0 Å². The van der Waals surface area contributed by atoms with Gasteiger partial charge < -0.3 is 14.9 Å². The highest BCUT2D eigenvalue weighted by atomic mass is 127. The number of hydrogen-bond donors (Lipinski definition) is 2. The molecule has 0 saturated carbocycles. The topological polar surface area (TPSA) is 66.8 Å². The maximum absolute atomic E-state index is 12.1. The summed E-state index contributed by atoms with van der Waals surface area (Å²) in [4.78, 5) is 12.1. The van der Waals surface area contributed by atoms with E-state index in [2.05, 4.69) is 67.8 Å². The number of carbonyl (C=O) groups is 1. The SMILES string of the molecule is O=C(Oc1c(I)cc(I)cc1I)c1cc(O)cc(O)c1. The second kappa shape index (κ2) is 6.64. The molecular formula is C13H7I3O4. The van der Waals surface area contributed by atoms with Crippen LogP contribution in [-0.2, 0) is 0 Å². The molecule has 0 amide bonds. The van der Waals surface area contributed by atoms with Crippen molar-refractivity contribution in [2.75, 3.05) is 0 Å². The van der Waals surface area contributed by atoms with Gasteiger partial charge in [-0.05, 0) is 92.0 Å². The zero-order valence-corrected chi connectivity index (χ0v) is 16.2. The summed E-state index contributed by atoms with van der Waals surface area (Å²) in [7, 11) is 0. The molecule has 0 aliphatic heterocycles. The fraction of sp³-hybridized carbons (Fsp3) is 0. The number of phenols is 2. The quantitative estimate of drug-likeness (QED) is 0.306. The molecule has 0 unspecified atom stereocenters. The van der Waals surface area contributed by atoms with Gasteiger partial charge >= 0.3 is 5.97 Å². The average molecular weight is 608 g/mol. The van der Waals surface area contributed by atoms with Gasteiger partial charge in [0, 0.05) is 9.64 Å². The Balaban J connectivity index is 2.32. The van der Waals surface area contributed by atoms with Crippen molar-refractivity contribution in [3.05, 3.63) is 46.6 Å². The lowest BCUT2D eigenvalue weighted by atomic mass is 10.2. The lowest BCUT2D eigenvalue weighted by Gasteiger charge is -2.09. The Morgan fingerprint density at radius 1 is 0.900 bits per heavy atom. The van der Waals surface area contributed by atoms with Gasteiger partial charge in [-0.15, -0.1) is 0 Å². The third-order valence-corrected chi connectivity index (χ3v) is 4.52. The van der Waals surface area contributed by atoms with Gasteiger partial charge in [-0.25, -0.2) is 4.79 Å². The molecular weight excluding hydrogens is 601 g/mol. The molecule has 0 fully saturated rings. The number of halogens is 3. The van der Waals surface area contributed by atoms with Crippen molar-refractivity contribution < 1.29 is 19.7 Å². The molecule has 0 radical (unpaired) electrons. The number of ether oxygens (including phenoxy) is 1. The summed E-state index contributed by atoms with van der Waals surface area (Å²) in [5.74, 6) is -0.541. The van der Waals surface area contributed by atoms with E-state index < -0.39 is 5.97 Å². The van der Waals surface area contributed by atoms with Gasteiger partial charge in [0.1, 0.15) is 11.5 Å². The van der Waals surface area contributed by atoms with Gasteiger partial charge in [0.25, 0.3) is 0 Å². The molecule has 0 aliphatic carbocycles. The molecule has 0 saturated heterocycles. The van der Waals surface area contributed by atoms with Gasteiger partial charge in [-0.1, -0.05) is 0 Å². The van der Waals surface area contributed by atoms with Gasteiger partial charge in [-0.2, -0.15) is 0 Å². The number of hydrogen-bond acceptors (Lipinski definition) is 4. The number of rotatable bonds is 2. The third-order valence-electron chi connectivity index (χ3n) is 2.30. The second-order valence-electron chi connectivity index (χ2n) is 3.83. The predicted octanol–water partition coefficient (Wildman–Crippen LogP) is 4.13. The number of esters is 1. The monoisotopic (exact) mass is 608 g/mol. The van der Waals surface area contributed by atoms with Crippen LogP contribution in [0.4, 0.5) is 0 Å². The summed E-state index contributed by atoms with van der Waals surface area (Å²) in [6, 6.07) is 7.43. The summed E-state index contributed by atoms with van der Waals surface area (Å²) >= 11 is 6.37. The van der Waals surface area contributed by atoms with Crippen molar-refractivity contribution in [3.63, 3.8) is 0 Å². The van der Waals surface area contributed by atoms with Crippen molar-refractivity contribution in [3.8, 4) is 17.2 Å². The van der Waals surface area contributed by atoms with E-state index in [1.165, 1.54) is 12.1 Å². The smallest absolute Gasteiger partial charge is 0.343 e. The van der Waals surface area contributed by atoms with Crippen LogP contribution in [0.15, 0.2) is 30.3 Å². The maximum atomic E-state index is 12.1. The Morgan fingerprint density at radius 3 is 1.90 bits per heavy atom. The Labute approximate surface area is 156 Å². The maximum Gasteiger partial charge on any atom is 0.343 e. The molecule has 0 aromatic heterocycles. The first-order valence-corrected chi connectivity index (χ1v) is 8.50. The molecule has 0 bridgehead atoms. The van der Waals surface area contributed by atoms with Crippen LogP contribution >= 0.6 is 67.8 Å². The van der Waals surface area contributed by atoms with E-state index in [0.29, 0.717) is 5.75 Å². The minimum Gasteiger partial charge on any atom is -0.508 e. The first-order valence-electron chi connectivity index (χ1n) is 5.26. The first-order chi connectivity index (χ1) is 9.36. The van der Waals surface area contributed by atoms with Crippen LogP contribution in [0.25, 0.3) is 0 Å². The molecule has 0 atom stereocenters. The van der Waals surface area contributed by atoms with Gasteiger partial charge in [-0.3, -0.25) is 0 Å². The van der Waals surface area contributed by atoms with E-state index in [-0.39, 0.29) is 17.1 Å². The minimum atomic E-state index is -0.631. The molecule has 2 N–H and O–H groups in total. The minimum absolute atomic E-state index is 0.0904. The van der Waals surface area contributed by atoms with Crippen molar-refractivity contribution in [1.82, 2.24) is 0 Å². The van der Waals surface area contributed by atoms with Crippen LogP contribution in [0, 0.1) is 10.7 Å². The van der Waals surface area contributed by atoms with E-state index in [9.17, 15) is 15.0 Å². The summed E-state index contributed by atoms with van der Waals surface area (Å²) < 4.78 is 8.03. The summed E-state index contributed by atoms with van der Waals surface area (Å²) in [5.41, 5.74) is 0.0904. The number of phenolic OH excluding ortho intramolecular Hbond substituents is 2. The number of aromatic hydroxyl groups is 2. The van der Waals surface area contributed by atoms with Crippen LogP contribution in [0.1, 0.15) is 10.4 Å². The highest BCUT2D eigenvalue weighted by Crippen LogP contribution is 2.30. The normalized spacial score (nSPS) is 10.3. The van der Waals surface area contributed by atoms with E-state index in [4.69, 9.17) is 4.74 Å². The Hall–Kier alpha value is -0.300. The molecule has 0 aliphatic rings. The van der Waals surface area contributed by atoms with Crippen LogP contribution in [-0.4, -0.2) is 16.2 Å². The van der Waals surface area contributed by atoms with Gasteiger partial charge in [0.05, 0.1) is 12.7 Å². The van der Waals surface area contributed by atoms with Crippen LogP contribution < -0.4 is 4.74 Å². The molecule has 2 aromatic carbocycles. The van der Waals surface area contributed by atoms with Crippen LogP contribution in [0.3, 0.4) is 0 Å². The van der Waals surface area contributed by atoms with E-state index in [0.717, 1.165) is 16.8 Å². The molecule has 20 heavy (non-hydrogen) atoms. The van der Waals surface area contributed by atoms with Crippen molar-refractivity contribution in [1.29, 1.82) is 0 Å².